The molecule has 1 unspecified atom stereocenters. The van der Waals surface area contributed by atoms with E-state index in [4.69, 9.17) is 10.5 Å². The third kappa shape index (κ3) is 1.89. The van der Waals surface area contributed by atoms with Gasteiger partial charge in [0.15, 0.2) is 0 Å². The second kappa shape index (κ2) is 4.83. The Kier molecular flexibility index (Phi) is 3.03. The van der Waals surface area contributed by atoms with Crippen LogP contribution in [-0.4, -0.2) is 12.6 Å². The molecule has 0 saturated carbocycles. The standard InChI is InChI=1S/C16H17NO/c17-11-5-10-16-14-7-2-1-6-12(14)13-8-3-4-9-15(13)18-16/h1-4,6-9,15H,5,10-11,17H2. The molecule has 3 rings (SSSR count). The van der Waals surface area contributed by atoms with E-state index in [0.717, 1.165) is 18.6 Å². The Bertz CT molecular complexity index is 625. The van der Waals surface area contributed by atoms with Gasteiger partial charge in [-0.2, -0.15) is 0 Å². The molecule has 2 N–H and O–H groups in total. The van der Waals surface area contributed by atoms with E-state index in [1.165, 1.54) is 16.0 Å². The number of benzene rings is 1. The fourth-order valence-electron chi connectivity index (χ4n) is 2.52. The Labute approximate surface area is 107 Å². The van der Waals surface area contributed by atoms with Gasteiger partial charge in [-0.05, 0) is 24.3 Å². The van der Waals surface area contributed by atoms with Crippen molar-refractivity contribution in [3.63, 3.8) is 0 Å². The molecule has 0 fully saturated rings. The molecule has 0 spiro atoms. The Morgan fingerprint density at radius 2 is 1.94 bits per heavy atom. The summed E-state index contributed by atoms with van der Waals surface area (Å²) in [5, 5.41) is 2.51. The number of allylic oxidation sites excluding steroid dienone is 2. The molecule has 2 aliphatic rings. The summed E-state index contributed by atoms with van der Waals surface area (Å²) in [5.41, 5.74) is 6.85. The molecule has 2 heteroatoms. The molecule has 1 aliphatic heterocycles. The van der Waals surface area contributed by atoms with E-state index >= 15 is 0 Å². The molecule has 0 radical (unpaired) electrons. The van der Waals surface area contributed by atoms with Crippen LogP contribution in [0.2, 0.25) is 0 Å². The van der Waals surface area contributed by atoms with E-state index < -0.39 is 0 Å². The first kappa shape index (κ1) is 11.3. The van der Waals surface area contributed by atoms with Gasteiger partial charge in [-0.15, -0.1) is 0 Å². The van der Waals surface area contributed by atoms with Crippen LogP contribution in [0.15, 0.2) is 48.6 Å². The van der Waals surface area contributed by atoms with Gasteiger partial charge in [-0.25, -0.2) is 0 Å². The van der Waals surface area contributed by atoms with E-state index in [0.29, 0.717) is 6.54 Å². The Hall–Kier alpha value is -1.80. The van der Waals surface area contributed by atoms with Gasteiger partial charge in [0.25, 0.3) is 0 Å². The lowest BCUT2D eigenvalue weighted by Crippen LogP contribution is -2.38. The molecule has 1 aliphatic carbocycles. The van der Waals surface area contributed by atoms with Gasteiger partial charge in [-0.1, -0.05) is 42.5 Å². The summed E-state index contributed by atoms with van der Waals surface area (Å²) in [4.78, 5) is 0. The Balaban J connectivity index is 2.20. The van der Waals surface area contributed by atoms with Gasteiger partial charge in [0.2, 0.25) is 0 Å². The van der Waals surface area contributed by atoms with Crippen molar-refractivity contribution in [2.24, 2.45) is 5.73 Å². The molecule has 1 heterocycles. The highest BCUT2D eigenvalue weighted by atomic mass is 16.5. The molecule has 0 aromatic heterocycles. The molecular weight excluding hydrogens is 222 g/mol. The normalized spacial score (nSPS) is 20.4. The highest BCUT2D eigenvalue weighted by Gasteiger charge is 2.20. The van der Waals surface area contributed by atoms with Crippen LogP contribution in [0.1, 0.15) is 12.8 Å². The van der Waals surface area contributed by atoms with Gasteiger partial charge >= 0.3 is 0 Å². The van der Waals surface area contributed by atoms with E-state index in [2.05, 4.69) is 42.5 Å². The summed E-state index contributed by atoms with van der Waals surface area (Å²) < 4.78 is 6.10. The summed E-state index contributed by atoms with van der Waals surface area (Å²) in [7, 11) is 0. The van der Waals surface area contributed by atoms with Crippen LogP contribution in [0.3, 0.4) is 0 Å². The lowest BCUT2D eigenvalue weighted by molar-refractivity contribution is 0.242. The van der Waals surface area contributed by atoms with Crippen LogP contribution in [0.5, 0.6) is 0 Å². The molecule has 1 aromatic carbocycles. The summed E-state index contributed by atoms with van der Waals surface area (Å²) in [6.07, 6.45) is 10.3. The minimum Gasteiger partial charge on any atom is -0.485 e. The van der Waals surface area contributed by atoms with Crippen molar-refractivity contribution >= 4 is 11.3 Å². The van der Waals surface area contributed by atoms with Crippen molar-refractivity contribution in [3.05, 3.63) is 59.0 Å². The molecule has 1 atom stereocenters. The second-order valence-electron chi connectivity index (χ2n) is 4.60. The molecule has 0 saturated heterocycles. The molecule has 92 valence electrons. The van der Waals surface area contributed by atoms with Crippen LogP contribution in [-0.2, 0) is 4.74 Å². The largest absolute Gasteiger partial charge is 0.485 e. The van der Waals surface area contributed by atoms with Gasteiger partial charge in [0, 0.05) is 17.2 Å². The SMILES string of the molecule is NCCCC1=c2ccccc2=C2C=CC=CC2O1. The lowest BCUT2D eigenvalue weighted by atomic mass is 9.97. The van der Waals surface area contributed by atoms with Gasteiger partial charge in [-0.3, -0.25) is 0 Å². The quantitative estimate of drug-likeness (QED) is 0.860. The molecular formula is C16H17NO. The lowest BCUT2D eigenvalue weighted by Gasteiger charge is -2.25. The first-order chi connectivity index (χ1) is 8.90. The fraction of sp³-hybridized carbons (Fsp3) is 0.250. The fourth-order valence-corrected chi connectivity index (χ4v) is 2.52. The van der Waals surface area contributed by atoms with Crippen molar-refractivity contribution in [1.82, 2.24) is 0 Å². The maximum atomic E-state index is 6.10. The van der Waals surface area contributed by atoms with Gasteiger partial charge < -0.3 is 10.5 Å². The zero-order chi connectivity index (χ0) is 12.4. The average Bonchev–Trinajstić information content (AvgIpc) is 2.45. The topological polar surface area (TPSA) is 35.2 Å². The summed E-state index contributed by atoms with van der Waals surface area (Å²) in [5.74, 6) is 1.07. The van der Waals surface area contributed by atoms with Crippen LogP contribution in [0, 0.1) is 0 Å². The van der Waals surface area contributed by atoms with Crippen LogP contribution in [0.25, 0.3) is 11.3 Å². The zero-order valence-electron chi connectivity index (χ0n) is 10.3. The third-order valence-electron chi connectivity index (χ3n) is 3.39. The minimum atomic E-state index is 0.0673. The Morgan fingerprint density at radius 1 is 1.11 bits per heavy atom. The number of fused-ring (bicyclic) bond motifs is 2. The number of rotatable bonds is 3. The predicted molar refractivity (Wildman–Crippen MR) is 73.9 cm³/mol. The number of ether oxygens (including phenoxy) is 1. The van der Waals surface area contributed by atoms with Gasteiger partial charge in [0.05, 0.1) is 0 Å². The summed E-state index contributed by atoms with van der Waals surface area (Å²) >= 11 is 0. The zero-order valence-corrected chi connectivity index (χ0v) is 10.3. The van der Waals surface area contributed by atoms with E-state index in [1.807, 2.05) is 6.08 Å². The van der Waals surface area contributed by atoms with Crippen LogP contribution < -0.4 is 16.2 Å². The maximum Gasteiger partial charge on any atom is 0.142 e. The first-order valence-electron chi connectivity index (χ1n) is 6.44. The smallest absolute Gasteiger partial charge is 0.142 e. The van der Waals surface area contributed by atoms with Crippen LogP contribution in [0.4, 0.5) is 0 Å². The van der Waals surface area contributed by atoms with E-state index in [-0.39, 0.29) is 6.10 Å². The molecule has 0 amide bonds. The summed E-state index contributed by atoms with van der Waals surface area (Å²) in [6, 6.07) is 8.46. The van der Waals surface area contributed by atoms with Crippen molar-refractivity contribution in [1.29, 1.82) is 0 Å². The van der Waals surface area contributed by atoms with Crippen molar-refractivity contribution in [2.75, 3.05) is 6.54 Å². The number of nitrogens with two attached hydrogens (primary N) is 1. The third-order valence-corrected chi connectivity index (χ3v) is 3.39. The molecule has 2 nitrogen and oxygen atoms in total. The highest BCUT2D eigenvalue weighted by molar-refractivity contribution is 5.69. The predicted octanol–water partition coefficient (Wildman–Crippen LogP) is 1.21. The molecule has 1 aromatic rings. The van der Waals surface area contributed by atoms with Crippen molar-refractivity contribution < 1.29 is 4.74 Å². The second-order valence-corrected chi connectivity index (χ2v) is 4.60. The van der Waals surface area contributed by atoms with Crippen molar-refractivity contribution in [2.45, 2.75) is 18.9 Å². The molecule has 0 bridgehead atoms. The monoisotopic (exact) mass is 239 g/mol. The number of hydrogen-bond donors (Lipinski definition) is 1. The molecule has 18 heavy (non-hydrogen) atoms. The number of hydrogen-bond acceptors (Lipinski definition) is 2. The van der Waals surface area contributed by atoms with Gasteiger partial charge in [0.1, 0.15) is 11.9 Å². The minimum absolute atomic E-state index is 0.0673. The average molecular weight is 239 g/mol. The van der Waals surface area contributed by atoms with Crippen molar-refractivity contribution in [3.8, 4) is 0 Å². The Morgan fingerprint density at radius 3 is 2.78 bits per heavy atom. The van der Waals surface area contributed by atoms with Crippen LogP contribution >= 0.6 is 0 Å². The summed E-state index contributed by atoms with van der Waals surface area (Å²) in [6.45, 7) is 0.700. The van der Waals surface area contributed by atoms with E-state index in [9.17, 15) is 0 Å². The first-order valence-corrected chi connectivity index (χ1v) is 6.44. The highest BCUT2D eigenvalue weighted by Crippen LogP contribution is 2.22. The van der Waals surface area contributed by atoms with E-state index in [1.54, 1.807) is 0 Å². The maximum absolute atomic E-state index is 6.10.